The second-order valence-electron chi connectivity index (χ2n) is 3.91. The predicted molar refractivity (Wildman–Crippen MR) is 65.2 cm³/mol. The Labute approximate surface area is 103 Å². The van der Waals surface area contributed by atoms with Gasteiger partial charge in [0.25, 0.3) is 0 Å². The molecule has 0 atom stereocenters. The number of hydrogen-bond acceptors (Lipinski definition) is 5. The molecule has 2 aromatic heterocycles. The van der Waals surface area contributed by atoms with Crippen molar-refractivity contribution in [3.8, 4) is 11.3 Å². The Kier molecular flexibility index (Phi) is 2.37. The SMILES string of the molecule is Cc1cc(-c2ccc3ncoc3c2)nc(C=O)n1. The fourth-order valence-corrected chi connectivity index (χ4v) is 1.81. The minimum atomic E-state index is 0.183. The van der Waals surface area contributed by atoms with Crippen LogP contribution in [0.4, 0.5) is 0 Å². The van der Waals surface area contributed by atoms with Crippen LogP contribution in [0.1, 0.15) is 16.3 Å². The Morgan fingerprint density at radius 2 is 2.11 bits per heavy atom. The van der Waals surface area contributed by atoms with Gasteiger partial charge in [0, 0.05) is 11.3 Å². The highest BCUT2D eigenvalue weighted by atomic mass is 16.3. The van der Waals surface area contributed by atoms with Crippen LogP contribution in [0.5, 0.6) is 0 Å². The second kappa shape index (κ2) is 4.03. The Bertz CT molecular complexity index is 734. The first-order valence-corrected chi connectivity index (χ1v) is 5.41. The van der Waals surface area contributed by atoms with Gasteiger partial charge in [0.1, 0.15) is 5.52 Å². The Morgan fingerprint density at radius 1 is 1.22 bits per heavy atom. The fourth-order valence-electron chi connectivity index (χ4n) is 1.81. The lowest BCUT2D eigenvalue weighted by Gasteiger charge is -2.02. The minimum absolute atomic E-state index is 0.183. The van der Waals surface area contributed by atoms with Gasteiger partial charge in [-0.3, -0.25) is 4.79 Å². The van der Waals surface area contributed by atoms with E-state index in [1.807, 2.05) is 31.2 Å². The van der Waals surface area contributed by atoms with Crippen molar-refractivity contribution < 1.29 is 9.21 Å². The Morgan fingerprint density at radius 3 is 2.94 bits per heavy atom. The van der Waals surface area contributed by atoms with E-state index in [1.165, 1.54) is 6.39 Å². The molecular formula is C13H9N3O2. The van der Waals surface area contributed by atoms with Crippen LogP contribution in [0.2, 0.25) is 0 Å². The minimum Gasteiger partial charge on any atom is -0.443 e. The summed E-state index contributed by atoms with van der Waals surface area (Å²) in [6.45, 7) is 1.82. The van der Waals surface area contributed by atoms with Crippen LogP contribution in [0.3, 0.4) is 0 Å². The van der Waals surface area contributed by atoms with E-state index in [-0.39, 0.29) is 5.82 Å². The molecule has 0 bridgehead atoms. The van der Waals surface area contributed by atoms with Gasteiger partial charge in [-0.2, -0.15) is 0 Å². The molecule has 1 aromatic carbocycles. The summed E-state index contributed by atoms with van der Waals surface area (Å²) in [5, 5.41) is 0. The van der Waals surface area contributed by atoms with Crippen LogP contribution in [0, 0.1) is 6.92 Å². The van der Waals surface area contributed by atoms with Gasteiger partial charge < -0.3 is 4.42 Å². The molecule has 5 heteroatoms. The highest BCUT2D eigenvalue weighted by molar-refractivity contribution is 5.79. The number of aromatic nitrogens is 3. The van der Waals surface area contributed by atoms with Crippen molar-refractivity contribution in [3.63, 3.8) is 0 Å². The van der Waals surface area contributed by atoms with Gasteiger partial charge >= 0.3 is 0 Å². The lowest BCUT2D eigenvalue weighted by molar-refractivity contribution is 0.111. The summed E-state index contributed by atoms with van der Waals surface area (Å²) in [5.41, 5.74) is 3.80. The first-order chi connectivity index (χ1) is 8.76. The topological polar surface area (TPSA) is 68.9 Å². The third-order valence-electron chi connectivity index (χ3n) is 2.60. The van der Waals surface area contributed by atoms with Gasteiger partial charge in [-0.05, 0) is 25.1 Å². The van der Waals surface area contributed by atoms with E-state index in [4.69, 9.17) is 4.42 Å². The maximum Gasteiger partial charge on any atom is 0.193 e. The summed E-state index contributed by atoms with van der Waals surface area (Å²) in [7, 11) is 0. The van der Waals surface area contributed by atoms with E-state index in [9.17, 15) is 4.79 Å². The maximum absolute atomic E-state index is 10.8. The molecule has 0 unspecified atom stereocenters. The molecule has 0 radical (unpaired) electrons. The van der Waals surface area contributed by atoms with Crippen LogP contribution < -0.4 is 0 Å². The number of rotatable bonds is 2. The van der Waals surface area contributed by atoms with Gasteiger partial charge in [0.15, 0.2) is 24.1 Å². The van der Waals surface area contributed by atoms with E-state index in [1.54, 1.807) is 0 Å². The van der Waals surface area contributed by atoms with Crippen LogP contribution in [-0.4, -0.2) is 21.2 Å². The average Bonchev–Trinajstić information content (AvgIpc) is 2.85. The number of fused-ring (bicyclic) bond motifs is 1. The zero-order valence-corrected chi connectivity index (χ0v) is 9.62. The molecule has 5 nitrogen and oxygen atoms in total. The molecule has 0 saturated heterocycles. The summed E-state index contributed by atoms with van der Waals surface area (Å²) in [5.74, 6) is 0.183. The molecule has 3 aromatic rings. The van der Waals surface area contributed by atoms with Crippen LogP contribution in [0.15, 0.2) is 35.1 Å². The summed E-state index contributed by atoms with van der Waals surface area (Å²) >= 11 is 0. The molecule has 2 heterocycles. The van der Waals surface area contributed by atoms with E-state index in [0.717, 1.165) is 16.8 Å². The molecule has 0 aliphatic rings. The molecule has 0 fully saturated rings. The molecule has 0 N–H and O–H groups in total. The Hall–Kier alpha value is -2.56. The van der Waals surface area contributed by atoms with E-state index in [0.29, 0.717) is 17.6 Å². The van der Waals surface area contributed by atoms with Crippen molar-refractivity contribution in [2.45, 2.75) is 6.92 Å². The van der Waals surface area contributed by atoms with Crippen molar-refractivity contribution in [2.75, 3.05) is 0 Å². The summed E-state index contributed by atoms with van der Waals surface area (Å²) < 4.78 is 5.24. The Balaban J connectivity index is 2.18. The number of carbonyl (C=O) groups is 1. The molecule has 0 aliphatic carbocycles. The number of aryl methyl sites for hydroxylation is 1. The van der Waals surface area contributed by atoms with Crippen molar-refractivity contribution in [1.29, 1.82) is 0 Å². The van der Waals surface area contributed by atoms with E-state index >= 15 is 0 Å². The normalized spacial score (nSPS) is 10.7. The zero-order chi connectivity index (χ0) is 12.5. The summed E-state index contributed by atoms with van der Waals surface area (Å²) in [6.07, 6.45) is 2.04. The molecule has 18 heavy (non-hydrogen) atoms. The number of hydrogen-bond donors (Lipinski definition) is 0. The van der Waals surface area contributed by atoms with Gasteiger partial charge in [-0.1, -0.05) is 6.07 Å². The van der Waals surface area contributed by atoms with Crippen LogP contribution in [-0.2, 0) is 0 Å². The molecule has 3 rings (SSSR count). The summed E-state index contributed by atoms with van der Waals surface area (Å²) in [6, 6.07) is 7.41. The molecule has 0 spiro atoms. The van der Waals surface area contributed by atoms with Gasteiger partial charge in [-0.25, -0.2) is 15.0 Å². The monoisotopic (exact) mass is 239 g/mol. The zero-order valence-electron chi connectivity index (χ0n) is 9.62. The quantitative estimate of drug-likeness (QED) is 0.642. The van der Waals surface area contributed by atoms with Gasteiger partial charge in [0.2, 0.25) is 0 Å². The van der Waals surface area contributed by atoms with Gasteiger partial charge in [-0.15, -0.1) is 0 Å². The van der Waals surface area contributed by atoms with Crippen molar-refractivity contribution in [2.24, 2.45) is 0 Å². The number of oxazole rings is 1. The molecule has 0 saturated carbocycles. The molecule has 88 valence electrons. The molecule has 0 amide bonds. The predicted octanol–water partition coefficient (Wildman–Crippen LogP) is 2.41. The highest BCUT2D eigenvalue weighted by Gasteiger charge is 2.06. The second-order valence-corrected chi connectivity index (χ2v) is 3.91. The number of carbonyl (C=O) groups excluding carboxylic acids is 1. The largest absolute Gasteiger partial charge is 0.443 e. The maximum atomic E-state index is 10.8. The number of aldehydes is 1. The van der Waals surface area contributed by atoms with E-state index in [2.05, 4.69) is 15.0 Å². The molecular weight excluding hydrogens is 230 g/mol. The number of nitrogens with zero attached hydrogens (tertiary/aromatic N) is 3. The first kappa shape index (κ1) is 10.6. The standard InChI is InChI=1S/C13H9N3O2/c1-8-4-11(16-13(6-17)15-8)9-2-3-10-12(5-9)18-7-14-10/h2-7H,1H3. The van der Waals surface area contributed by atoms with E-state index < -0.39 is 0 Å². The molecule has 0 aliphatic heterocycles. The van der Waals surface area contributed by atoms with Gasteiger partial charge in [0.05, 0.1) is 5.69 Å². The van der Waals surface area contributed by atoms with Crippen molar-refractivity contribution >= 4 is 17.4 Å². The fraction of sp³-hybridized carbons (Fsp3) is 0.0769. The third-order valence-corrected chi connectivity index (χ3v) is 2.60. The lowest BCUT2D eigenvalue weighted by Crippen LogP contribution is -1.97. The van der Waals surface area contributed by atoms with Crippen molar-refractivity contribution in [1.82, 2.24) is 15.0 Å². The highest BCUT2D eigenvalue weighted by Crippen LogP contribution is 2.22. The first-order valence-electron chi connectivity index (χ1n) is 5.41. The van der Waals surface area contributed by atoms with Crippen LogP contribution in [0.25, 0.3) is 22.4 Å². The third kappa shape index (κ3) is 1.75. The lowest BCUT2D eigenvalue weighted by atomic mass is 10.1. The van der Waals surface area contributed by atoms with Crippen LogP contribution >= 0.6 is 0 Å². The summed E-state index contributed by atoms with van der Waals surface area (Å²) in [4.78, 5) is 23.0. The smallest absolute Gasteiger partial charge is 0.193 e. The van der Waals surface area contributed by atoms with Crippen molar-refractivity contribution in [3.05, 3.63) is 42.2 Å². The average molecular weight is 239 g/mol. The number of benzene rings is 1.